The third-order valence-corrected chi connectivity index (χ3v) is 2.52. The van der Waals surface area contributed by atoms with E-state index in [1.807, 2.05) is 0 Å². The molecule has 3 nitrogen and oxygen atoms in total. The lowest BCUT2D eigenvalue weighted by molar-refractivity contribution is -0.122. The molecule has 0 aliphatic carbocycles. The highest BCUT2D eigenvalue weighted by molar-refractivity contribution is 5.76. The second kappa shape index (κ2) is 10.4. The van der Waals surface area contributed by atoms with Crippen molar-refractivity contribution in [3.05, 3.63) is 0 Å². The molecule has 0 aromatic carbocycles. The zero-order valence-corrected chi connectivity index (χ0v) is 12.8. The van der Waals surface area contributed by atoms with Crippen molar-refractivity contribution in [2.45, 2.75) is 53.9 Å². The van der Waals surface area contributed by atoms with Crippen LogP contribution in [0.3, 0.4) is 0 Å². The molecule has 0 bridgehead atoms. The van der Waals surface area contributed by atoms with Gasteiger partial charge >= 0.3 is 0 Å². The average Bonchev–Trinajstić information content (AvgIpc) is 2.27. The summed E-state index contributed by atoms with van der Waals surface area (Å²) in [5, 5.41) is 2.95. The molecule has 1 heterocycles. The summed E-state index contributed by atoms with van der Waals surface area (Å²) in [5.74, 6) is 2.11. The van der Waals surface area contributed by atoms with Crippen LogP contribution in [0.5, 0.6) is 0 Å². The maximum absolute atomic E-state index is 11.5. The lowest BCUT2D eigenvalue weighted by Crippen LogP contribution is -2.30. The van der Waals surface area contributed by atoms with E-state index in [4.69, 9.17) is 4.74 Å². The molecular formula is C15H33NO2. The van der Waals surface area contributed by atoms with Crippen LogP contribution in [0, 0.1) is 17.8 Å². The summed E-state index contributed by atoms with van der Waals surface area (Å²) in [4.78, 5) is 11.5. The largest absolute Gasteiger partial charge is 0.381 e. The molecule has 110 valence electrons. The Bertz CT molecular complexity index is 211. The maximum Gasteiger partial charge on any atom is 0.220 e. The normalized spacial score (nSPS) is 16.4. The van der Waals surface area contributed by atoms with Gasteiger partial charge in [0, 0.05) is 27.6 Å². The van der Waals surface area contributed by atoms with Gasteiger partial charge in [-0.05, 0) is 30.6 Å². The molecular weight excluding hydrogens is 226 g/mol. The number of hydrogen-bond acceptors (Lipinski definition) is 2. The zero-order valence-electron chi connectivity index (χ0n) is 12.8. The number of rotatable bonds is 4. The molecule has 0 aromatic rings. The number of nitrogens with one attached hydrogen (secondary N) is 1. The van der Waals surface area contributed by atoms with Crippen LogP contribution in [0.2, 0.25) is 0 Å². The summed E-state index contributed by atoms with van der Waals surface area (Å²) < 4.78 is 5.25. The van der Waals surface area contributed by atoms with Crippen molar-refractivity contribution >= 4 is 5.91 Å². The minimum atomic E-state index is 0. The van der Waals surface area contributed by atoms with Crippen LogP contribution < -0.4 is 5.32 Å². The SMILES string of the molecule is CC(C)C.CC(C)CNC(=O)CC1CCOCC1.[HH]. The quantitative estimate of drug-likeness (QED) is 0.839. The molecule has 1 N–H and O–H groups in total. The van der Waals surface area contributed by atoms with Crippen molar-refractivity contribution in [1.29, 1.82) is 0 Å². The van der Waals surface area contributed by atoms with E-state index in [-0.39, 0.29) is 7.33 Å². The van der Waals surface area contributed by atoms with E-state index in [0.717, 1.165) is 38.5 Å². The molecule has 0 saturated carbocycles. The summed E-state index contributed by atoms with van der Waals surface area (Å²) in [7, 11) is 0. The second-order valence-corrected chi connectivity index (χ2v) is 6.19. The van der Waals surface area contributed by atoms with Gasteiger partial charge in [-0.15, -0.1) is 0 Å². The van der Waals surface area contributed by atoms with Gasteiger partial charge in [0.15, 0.2) is 0 Å². The zero-order chi connectivity index (χ0) is 14.0. The molecule has 0 aromatic heterocycles. The first-order chi connectivity index (χ1) is 8.41. The molecule has 1 rings (SSSR count). The van der Waals surface area contributed by atoms with Crippen molar-refractivity contribution in [3.63, 3.8) is 0 Å². The lowest BCUT2D eigenvalue weighted by atomic mass is 9.96. The Morgan fingerprint density at radius 3 is 2.17 bits per heavy atom. The Labute approximate surface area is 114 Å². The van der Waals surface area contributed by atoms with Crippen molar-refractivity contribution < 1.29 is 11.0 Å². The Kier molecular flexibility index (Phi) is 10.0. The van der Waals surface area contributed by atoms with Crippen LogP contribution >= 0.6 is 0 Å². The predicted octanol–water partition coefficient (Wildman–Crippen LogP) is 3.48. The van der Waals surface area contributed by atoms with Gasteiger partial charge in [-0.3, -0.25) is 4.79 Å². The van der Waals surface area contributed by atoms with E-state index in [9.17, 15) is 4.79 Å². The van der Waals surface area contributed by atoms with Crippen molar-refractivity contribution in [1.82, 2.24) is 5.32 Å². The fourth-order valence-electron chi connectivity index (χ4n) is 1.60. The first kappa shape index (κ1) is 17.4. The van der Waals surface area contributed by atoms with Crippen molar-refractivity contribution in [2.24, 2.45) is 17.8 Å². The molecule has 1 aliphatic heterocycles. The summed E-state index contributed by atoms with van der Waals surface area (Å²) in [5.41, 5.74) is 0. The number of hydrogen-bond donors (Lipinski definition) is 1. The molecule has 3 heteroatoms. The van der Waals surface area contributed by atoms with Gasteiger partial charge in [0.2, 0.25) is 5.91 Å². The molecule has 0 unspecified atom stereocenters. The summed E-state index contributed by atoms with van der Waals surface area (Å²) >= 11 is 0. The molecule has 0 spiro atoms. The van der Waals surface area contributed by atoms with Gasteiger partial charge in [-0.2, -0.15) is 0 Å². The van der Waals surface area contributed by atoms with Crippen molar-refractivity contribution in [3.8, 4) is 0 Å². The van der Waals surface area contributed by atoms with Crippen LogP contribution in [-0.2, 0) is 9.53 Å². The van der Waals surface area contributed by atoms with E-state index in [2.05, 4.69) is 39.9 Å². The van der Waals surface area contributed by atoms with Crippen LogP contribution in [0.1, 0.15) is 55.3 Å². The van der Waals surface area contributed by atoms with Gasteiger partial charge in [-0.1, -0.05) is 34.6 Å². The Balaban J connectivity index is 0. The van der Waals surface area contributed by atoms with Gasteiger partial charge in [0.05, 0.1) is 0 Å². The molecule has 18 heavy (non-hydrogen) atoms. The predicted molar refractivity (Wildman–Crippen MR) is 78.6 cm³/mol. The van der Waals surface area contributed by atoms with E-state index in [1.54, 1.807) is 0 Å². The van der Waals surface area contributed by atoms with Crippen LogP contribution in [0.15, 0.2) is 0 Å². The molecule has 1 amide bonds. The van der Waals surface area contributed by atoms with E-state index >= 15 is 0 Å². The smallest absolute Gasteiger partial charge is 0.220 e. The van der Waals surface area contributed by atoms with E-state index in [0.29, 0.717) is 18.3 Å². The Hall–Kier alpha value is -0.570. The Morgan fingerprint density at radius 1 is 1.22 bits per heavy atom. The standard InChI is InChI=1S/C11H21NO2.C4H10.H2/c1-9(2)8-12-11(13)7-10-3-5-14-6-4-10;1-4(2)3;/h9-10H,3-8H2,1-2H3,(H,12,13);4H,1-3H3;1H. The van der Waals surface area contributed by atoms with E-state index in [1.165, 1.54) is 0 Å². The number of ether oxygens (including phenoxy) is 1. The lowest BCUT2D eigenvalue weighted by Gasteiger charge is -2.21. The van der Waals surface area contributed by atoms with E-state index < -0.39 is 0 Å². The highest BCUT2D eigenvalue weighted by atomic mass is 16.5. The highest BCUT2D eigenvalue weighted by Crippen LogP contribution is 2.17. The monoisotopic (exact) mass is 259 g/mol. The highest BCUT2D eigenvalue weighted by Gasteiger charge is 2.17. The Morgan fingerprint density at radius 2 is 1.72 bits per heavy atom. The summed E-state index contributed by atoms with van der Waals surface area (Å²) in [6.45, 7) is 13.1. The number of carbonyl (C=O) groups is 1. The third kappa shape index (κ3) is 11.9. The van der Waals surface area contributed by atoms with Crippen molar-refractivity contribution in [2.75, 3.05) is 19.8 Å². The number of amides is 1. The fraction of sp³-hybridized carbons (Fsp3) is 0.933. The summed E-state index contributed by atoms with van der Waals surface area (Å²) in [6.07, 6.45) is 2.75. The molecule has 1 saturated heterocycles. The molecule has 0 atom stereocenters. The first-order valence-corrected chi connectivity index (χ1v) is 7.26. The average molecular weight is 259 g/mol. The minimum absolute atomic E-state index is 0. The molecule has 1 fully saturated rings. The number of carbonyl (C=O) groups excluding carboxylic acids is 1. The first-order valence-electron chi connectivity index (χ1n) is 7.26. The van der Waals surface area contributed by atoms with Crippen LogP contribution in [0.25, 0.3) is 0 Å². The van der Waals surface area contributed by atoms with Crippen LogP contribution in [-0.4, -0.2) is 25.7 Å². The fourth-order valence-corrected chi connectivity index (χ4v) is 1.60. The van der Waals surface area contributed by atoms with Crippen LogP contribution in [0.4, 0.5) is 0 Å². The second-order valence-electron chi connectivity index (χ2n) is 6.19. The van der Waals surface area contributed by atoms with Gasteiger partial charge in [-0.25, -0.2) is 0 Å². The molecule has 0 radical (unpaired) electrons. The minimum Gasteiger partial charge on any atom is -0.381 e. The summed E-state index contributed by atoms with van der Waals surface area (Å²) in [6, 6.07) is 0. The molecule has 1 aliphatic rings. The van der Waals surface area contributed by atoms with Gasteiger partial charge < -0.3 is 10.1 Å². The topological polar surface area (TPSA) is 38.3 Å². The third-order valence-electron chi connectivity index (χ3n) is 2.52. The van der Waals surface area contributed by atoms with Gasteiger partial charge in [0.25, 0.3) is 0 Å². The maximum atomic E-state index is 11.5. The van der Waals surface area contributed by atoms with Gasteiger partial charge in [0.1, 0.15) is 0 Å².